The zero-order valence-corrected chi connectivity index (χ0v) is 12.3. The summed E-state index contributed by atoms with van der Waals surface area (Å²) in [5, 5.41) is 0. The van der Waals surface area contributed by atoms with Crippen molar-refractivity contribution in [3.63, 3.8) is 0 Å². The molecule has 2 N–H and O–H groups in total. The highest BCUT2D eigenvalue weighted by Gasteiger charge is 2.09. The summed E-state index contributed by atoms with van der Waals surface area (Å²) in [5.74, 6) is 0.737. The number of halogens is 1. The van der Waals surface area contributed by atoms with E-state index in [-0.39, 0.29) is 0 Å². The van der Waals surface area contributed by atoms with Crippen LogP contribution in [0.2, 0.25) is 0 Å². The van der Waals surface area contributed by atoms with Gasteiger partial charge >= 0.3 is 0 Å². The molecule has 5 heteroatoms. The summed E-state index contributed by atoms with van der Waals surface area (Å²) in [6.45, 7) is 2.32. The van der Waals surface area contributed by atoms with Crippen LogP contribution in [0, 0.1) is 0 Å². The van der Waals surface area contributed by atoms with Crippen molar-refractivity contribution in [3.05, 3.63) is 52.8 Å². The Bertz CT molecular complexity index is 487. The number of rotatable bonds is 6. The Morgan fingerprint density at radius 2 is 1.79 bits per heavy atom. The molecule has 1 aromatic carbocycles. The standard InChI is InChI=1S/C14H17BrN4/c15-13-9-17-14(18-10-13)19(8-4-7-16)11-12-5-2-1-3-6-12/h1-3,5-6,9-10H,4,7-8,11,16H2. The molecule has 0 radical (unpaired) electrons. The quantitative estimate of drug-likeness (QED) is 0.888. The second-order valence-electron chi connectivity index (χ2n) is 4.25. The lowest BCUT2D eigenvalue weighted by atomic mass is 10.2. The van der Waals surface area contributed by atoms with Gasteiger partial charge in [-0.05, 0) is 34.5 Å². The second kappa shape index (κ2) is 7.21. The third-order valence-electron chi connectivity index (χ3n) is 2.74. The van der Waals surface area contributed by atoms with Crippen LogP contribution in [0.4, 0.5) is 5.95 Å². The van der Waals surface area contributed by atoms with E-state index in [1.807, 2.05) is 18.2 Å². The summed E-state index contributed by atoms with van der Waals surface area (Å²) >= 11 is 3.35. The molecule has 0 atom stereocenters. The first kappa shape index (κ1) is 14.0. The van der Waals surface area contributed by atoms with E-state index in [1.54, 1.807) is 12.4 Å². The van der Waals surface area contributed by atoms with Gasteiger partial charge < -0.3 is 10.6 Å². The van der Waals surface area contributed by atoms with Gasteiger partial charge in [-0.15, -0.1) is 0 Å². The molecule has 0 spiro atoms. The van der Waals surface area contributed by atoms with E-state index in [2.05, 4.69) is 42.9 Å². The van der Waals surface area contributed by atoms with Crippen molar-refractivity contribution in [1.29, 1.82) is 0 Å². The Kier molecular flexibility index (Phi) is 5.30. The van der Waals surface area contributed by atoms with E-state index in [1.165, 1.54) is 5.56 Å². The van der Waals surface area contributed by atoms with Gasteiger partial charge in [-0.3, -0.25) is 0 Å². The first-order valence-corrected chi connectivity index (χ1v) is 7.05. The van der Waals surface area contributed by atoms with E-state index in [9.17, 15) is 0 Å². The molecule has 19 heavy (non-hydrogen) atoms. The Hall–Kier alpha value is -1.46. The number of nitrogens with zero attached hydrogens (tertiary/aromatic N) is 3. The lowest BCUT2D eigenvalue weighted by molar-refractivity contribution is 0.713. The highest BCUT2D eigenvalue weighted by Crippen LogP contribution is 2.14. The van der Waals surface area contributed by atoms with Crippen LogP contribution >= 0.6 is 15.9 Å². The van der Waals surface area contributed by atoms with Crippen LogP contribution in [0.15, 0.2) is 47.2 Å². The molecule has 1 aromatic heterocycles. The average molecular weight is 321 g/mol. The van der Waals surface area contributed by atoms with Crippen molar-refractivity contribution in [2.45, 2.75) is 13.0 Å². The maximum absolute atomic E-state index is 5.60. The smallest absolute Gasteiger partial charge is 0.225 e. The normalized spacial score (nSPS) is 10.4. The molecule has 0 saturated carbocycles. The van der Waals surface area contributed by atoms with Crippen molar-refractivity contribution in [3.8, 4) is 0 Å². The number of aromatic nitrogens is 2. The minimum Gasteiger partial charge on any atom is -0.336 e. The number of hydrogen-bond donors (Lipinski definition) is 1. The van der Waals surface area contributed by atoms with Gasteiger partial charge in [-0.2, -0.15) is 0 Å². The molecule has 0 aliphatic rings. The summed E-state index contributed by atoms with van der Waals surface area (Å²) in [5.41, 5.74) is 6.84. The van der Waals surface area contributed by atoms with Crippen LogP contribution < -0.4 is 10.6 Å². The van der Waals surface area contributed by atoms with Crippen molar-refractivity contribution in [1.82, 2.24) is 9.97 Å². The Morgan fingerprint density at radius 3 is 2.42 bits per heavy atom. The fourth-order valence-corrected chi connectivity index (χ4v) is 2.01. The van der Waals surface area contributed by atoms with Crippen molar-refractivity contribution >= 4 is 21.9 Å². The summed E-state index contributed by atoms with van der Waals surface area (Å²) in [6, 6.07) is 10.3. The second-order valence-corrected chi connectivity index (χ2v) is 5.17. The fourth-order valence-electron chi connectivity index (χ4n) is 1.80. The summed E-state index contributed by atoms with van der Waals surface area (Å²) in [6.07, 6.45) is 4.46. The van der Waals surface area contributed by atoms with Crippen LogP contribution in [-0.4, -0.2) is 23.1 Å². The van der Waals surface area contributed by atoms with Gasteiger partial charge in [0.25, 0.3) is 0 Å². The first-order valence-electron chi connectivity index (χ1n) is 6.26. The van der Waals surface area contributed by atoms with Crippen molar-refractivity contribution < 1.29 is 0 Å². The molecule has 2 rings (SSSR count). The van der Waals surface area contributed by atoms with Gasteiger partial charge in [0, 0.05) is 25.5 Å². The lowest BCUT2D eigenvalue weighted by Gasteiger charge is -2.22. The Balaban J connectivity index is 2.13. The number of anilines is 1. The molecule has 2 aromatic rings. The maximum Gasteiger partial charge on any atom is 0.225 e. The van der Waals surface area contributed by atoms with Gasteiger partial charge in [0.05, 0.1) is 4.47 Å². The van der Waals surface area contributed by atoms with Gasteiger partial charge in [0.2, 0.25) is 5.95 Å². The highest BCUT2D eigenvalue weighted by atomic mass is 79.9. The number of nitrogens with two attached hydrogens (primary N) is 1. The minimum atomic E-state index is 0.668. The average Bonchev–Trinajstić information content (AvgIpc) is 2.45. The fraction of sp³-hybridized carbons (Fsp3) is 0.286. The van der Waals surface area contributed by atoms with Gasteiger partial charge in [0.1, 0.15) is 0 Å². The molecule has 1 heterocycles. The topological polar surface area (TPSA) is 55.0 Å². The van der Waals surface area contributed by atoms with Gasteiger partial charge in [-0.1, -0.05) is 30.3 Å². The molecular formula is C14H17BrN4. The molecule has 4 nitrogen and oxygen atoms in total. The lowest BCUT2D eigenvalue weighted by Crippen LogP contribution is -2.27. The predicted octanol–water partition coefficient (Wildman–Crippen LogP) is 2.59. The molecule has 0 aliphatic heterocycles. The predicted molar refractivity (Wildman–Crippen MR) is 80.9 cm³/mol. The third kappa shape index (κ3) is 4.29. The SMILES string of the molecule is NCCCN(Cc1ccccc1)c1ncc(Br)cn1. The van der Waals surface area contributed by atoms with Crippen LogP contribution in [-0.2, 0) is 6.54 Å². The molecule has 0 saturated heterocycles. The highest BCUT2D eigenvalue weighted by molar-refractivity contribution is 9.10. The zero-order valence-electron chi connectivity index (χ0n) is 10.7. The van der Waals surface area contributed by atoms with Crippen molar-refractivity contribution in [2.75, 3.05) is 18.0 Å². The van der Waals surface area contributed by atoms with E-state index in [0.717, 1.165) is 29.9 Å². The molecular weight excluding hydrogens is 304 g/mol. The largest absolute Gasteiger partial charge is 0.336 e. The van der Waals surface area contributed by atoms with Gasteiger partial charge in [-0.25, -0.2) is 9.97 Å². The van der Waals surface area contributed by atoms with Crippen LogP contribution in [0.1, 0.15) is 12.0 Å². The van der Waals surface area contributed by atoms with E-state index in [4.69, 9.17) is 5.73 Å². The summed E-state index contributed by atoms with van der Waals surface area (Å²) < 4.78 is 0.884. The monoisotopic (exact) mass is 320 g/mol. The molecule has 100 valence electrons. The number of benzene rings is 1. The summed E-state index contributed by atoms with van der Waals surface area (Å²) in [7, 11) is 0. The van der Waals surface area contributed by atoms with Crippen LogP contribution in [0.5, 0.6) is 0 Å². The molecule has 0 bridgehead atoms. The van der Waals surface area contributed by atoms with Gasteiger partial charge in [0.15, 0.2) is 0 Å². The third-order valence-corrected chi connectivity index (χ3v) is 3.15. The maximum atomic E-state index is 5.60. The van der Waals surface area contributed by atoms with E-state index in [0.29, 0.717) is 6.54 Å². The zero-order chi connectivity index (χ0) is 13.5. The van der Waals surface area contributed by atoms with Crippen molar-refractivity contribution in [2.24, 2.45) is 5.73 Å². The molecule has 0 amide bonds. The van der Waals surface area contributed by atoms with E-state index >= 15 is 0 Å². The molecule has 0 fully saturated rings. The first-order chi connectivity index (χ1) is 9.29. The van der Waals surface area contributed by atoms with E-state index < -0.39 is 0 Å². The number of hydrogen-bond acceptors (Lipinski definition) is 4. The Labute approximate surface area is 121 Å². The summed E-state index contributed by atoms with van der Waals surface area (Å²) in [4.78, 5) is 10.9. The Morgan fingerprint density at radius 1 is 1.11 bits per heavy atom. The van der Waals surface area contributed by atoms with Crippen LogP contribution in [0.25, 0.3) is 0 Å². The molecule has 0 unspecified atom stereocenters. The van der Waals surface area contributed by atoms with Crippen LogP contribution in [0.3, 0.4) is 0 Å². The molecule has 0 aliphatic carbocycles. The minimum absolute atomic E-state index is 0.668.